The molecule has 21 heavy (non-hydrogen) atoms. The molecule has 9 heteroatoms. The fourth-order valence-electron chi connectivity index (χ4n) is 2.03. The lowest BCUT2D eigenvalue weighted by molar-refractivity contribution is 0.0690. The van der Waals surface area contributed by atoms with E-state index in [0.29, 0.717) is 10.0 Å². The summed E-state index contributed by atoms with van der Waals surface area (Å²) in [4.78, 5) is 14.4. The monoisotopic (exact) mass is 348 g/mol. The number of aryl methyl sites for hydroxylation is 1. The van der Waals surface area contributed by atoms with Crippen LogP contribution < -0.4 is 4.72 Å². The van der Waals surface area contributed by atoms with Crippen LogP contribution in [-0.2, 0) is 16.6 Å². The minimum absolute atomic E-state index is 0.0254. The number of nitrogens with one attached hydrogen (secondary N) is 2. The van der Waals surface area contributed by atoms with Gasteiger partial charge in [-0.3, -0.25) is 0 Å². The minimum atomic E-state index is -3.80. The number of H-pyrrole nitrogens is 1. The number of aromatic carboxylic acids is 1. The largest absolute Gasteiger partial charge is 0.477 e. The van der Waals surface area contributed by atoms with E-state index in [1.807, 2.05) is 0 Å². The summed E-state index contributed by atoms with van der Waals surface area (Å²) in [6.07, 6.45) is 0. The van der Waals surface area contributed by atoms with Crippen molar-refractivity contribution in [3.05, 3.63) is 38.3 Å². The Balaban J connectivity index is 2.29. The number of carboxylic acid groups (broad SMARTS) is 1. The highest BCUT2D eigenvalue weighted by Crippen LogP contribution is 2.25. The van der Waals surface area contributed by atoms with Gasteiger partial charge >= 0.3 is 5.97 Å². The normalized spacial score (nSPS) is 11.8. The lowest BCUT2D eigenvalue weighted by Crippen LogP contribution is -2.23. The molecule has 0 saturated heterocycles. The van der Waals surface area contributed by atoms with Gasteiger partial charge in [0.05, 0.1) is 4.34 Å². The molecule has 0 bridgehead atoms. The van der Waals surface area contributed by atoms with E-state index in [9.17, 15) is 13.2 Å². The molecule has 114 valence electrons. The Morgan fingerprint density at radius 1 is 1.43 bits per heavy atom. The zero-order valence-electron chi connectivity index (χ0n) is 11.2. The number of hydrogen-bond acceptors (Lipinski definition) is 4. The summed E-state index contributed by atoms with van der Waals surface area (Å²) in [6.45, 7) is 3.09. The standard InChI is InChI=1S/C12H13ClN2O4S2/c1-6-10(12(16)17)15-7(2)11(6)21(18,19)14-5-8-3-4-9(13)20-8/h3-4,14-15H,5H2,1-2H3,(H,16,17). The second-order valence-electron chi connectivity index (χ2n) is 4.41. The first-order chi connectivity index (χ1) is 9.72. The molecule has 0 unspecified atom stereocenters. The average Bonchev–Trinajstić information content (AvgIpc) is 2.91. The summed E-state index contributed by atoms with van der Waals surface area (Å²) >= 11 is 7.07. The molecule has 0 saturated carbocycles. The number of sulfonamides is 1. The molecule has 2 heterocycles. The Bertz CT molecular complexity index is 792. The SMILES string of the molecule is Cc1[nH]c(C(=O)O)c(C)c1S(=O)(=O)NCc1ccc(Cl)s1. The third-order valence-corrected chi connectivity index (χ3v) is 5.82. The number of aromatic nitrogens is 1. The van der Waals surface area contributed by atoms with E-state index in [4.69, 9.17) is 16.7 Å². The maximum atomic E-state index is 12.3. The summed E-state index contributed by atoms with van der Waals surface area (Å²) in [5, 5.41) is 9.02. The molecule has 0 radical (unpaired) electrons. The third kappa shape index (κ3) is 3.29. The zero-order chi connectivity index (χ0) is 15.8. The lowest BCUT2D eigenvalue weighted by Gasteiger charge is -2.06. The molecule has 0 fully saturated rings. The Morgan fingerprint density at radius 2 is 2.10 bits per heavy atom. The van der Waals surface area contributed by atoms with Crippen molar-refractivity contribution < 1.29 is 18.3 Å². The quantitative estimate of drug-likeness (QED) is 0.773. The maximum absolute atomic E-state index is 12.3. The summed E-state index contributed by atoms with van der Waals surface area (Å²) in [5.41, 5.74) is 0.366. The Labute approximate surface area is 130 Å². The van der Waals surface area contributed by atoms with Crippen LogP contribution in [0.2, 0.25) is 4.34 Å². The second kappa shape index (κ2) is 5.80. The number of hydrogen-bond donors (Lipinski definition) is 3. The molecule has 2 rings (SSSR count). The van der Waals surface area contributed by atoms with Crippen LogP contribution in [0.3, 0.4) is 0 Å². The van der Waals surface area contributed by atoms with Crippen LogP contribution in [0.25, 0.3) is 0 Å². The van der Waals surface area contributed by atoms with Crippen molar-refractivity contribution in [1.29, 1.82) is 0 Å². The Kier molecular flexibility index (Phi) is 4.43. The number of thiophene rings is 1. The van der Waals surface area contributed by atoms with Gasteiger partial charge in [-0.1, -0.05) is 11.6 Å². The van der Waals surface area contributed by atoms with Gasteiger partial charge in [0.1, 0.15) is 10.6 Å². The van der Waals surface area contributed by atoms with Crippen molar-refractivity contribution in [2.75, 3.05) is 0 Å². The lowest BCUT2D eigenvalue weighted by atomic mass is 10.2. The van der Waals surface area contributed by atoms with Crippen LogP contribution >= 0.6 is 22.9 Å². The smallest absolute Gasteiger partial charge is 0.352 e. The van der Waals surface area contributed by atoms with Crippen molar-refractivity contribution >= 4 is 38.9 Å². The van der Waals surface area contributed by atoms with Gasteiger partial charge in [0, 0.05) is 22.7 Å². The number of aromatic amines is 1. The number of halogens is 1. The molecule has 3 N–H and O–H groups in total. The van der Waals surface area contributed by atoms with E-state index < -0.39 is 16.0 Å². The van der Waals surface area contributed by atoms with Gasteiger partial charge in [-0.15, -0.1) is 11.3 Å². The molecule has 0 aromatic carbocycles. The predicted octanol–water partition coefficient (Wildman–Crippen LogP) is 2.52. The van der Waals surface area contributed by atoms with E-state index in [1.54, 1.807) is 12.1 Å². The van der Waals surface area contributed by atoms with E-state index in [2.05, 4.69) is 9.71 Å². The van der Waals surface area contributed by atoms with Gasteiger partial charge < -0.3 is 10.1 Å². The molecule has 0 aliphatic heterocycles. The summed E-state index contributed by atoms with van der Waals surface area (Å²) in [6, 6.07) is 3.42. The van der Waals surface area contributed by atoms with Gasteiger partial charge in [0.2, 0.25) is 10.0 Å². The number of carbonyl (C=O) groups is 1. The van der Waals surface area contributed by atoms with Crippen molar-refractivity contribution in [3.63, 3.8) is 0 Å². The van der Waals surface area contributed by atoms with Crippen molar-refractivity contribution in [2.24, 2.45) is 0 Å². The van der Waals surface area contributed by atoms with Crippen LogP contribution in [0.4, 0.5) is 0 Å². The molecule has 6 nitrogen and oxygen atoms in total. The highest BCUT2D eigenvalue weighted by Gasteiger charge is 2.26. The van der Waals surface area contributed by atoms with Gasteiger partial charge in [-0.25, -0.2) is 17.9 Å². The van der Waals surface area contributed by atoms with Crippen LogP contribution in [0, 0.1) is 13.8 Å². The summed E-state index contributed by atoms with van der Waals surface area (Å²) in [5.74, 6) is -1.19. The van der Waals surface area contributed by atoms with E-state index in [-0.39, 0.29) is 22.7 Å². The number of rotatable bonds is 5. The Morgan fingerprint density at radius 3 is 2.57 bits per heavy atom. The molecule has 2 aromatic rings. The first-order valence-corrected chi connectivity index (χ1v) is 8.56. The zero-order valence-corrected chi connectivity index (χ0v) is 13.6. The highest BCUT2D eigenvalue weighted by atomic mass is 35.5. The van der Waals surface area contributed by atoms with Gasteiger partial charge in [0.15, 0.2) is 0 Å². The number of carboxylic acids is 1. The highest BCUT2D eigenvalue weighted by molar-refractivity contribution is 7.89. The molecular weight excluding hydrogens is 336 g/mol. The van der Waals surface area contributed by atoms with Gasteiger partial charge in [-0.05, 0) is 26.0 Å². The molecule has 0 atom stereocenters. The molecule has 0 aliphatic carbocycles. The van der Waals surface area contributed by atoms with Crippen LogP contribution in [0.5, 0.6) is 0 Å². The second-order valence-corrected chi connectivity index (χ2v) is 7.92. The van der Waals surface area contributed by atoms with E-state index >= 15 is 0 Å². The first-order valence-electron chi connectivity index (χ1n) is 5.88. The van der Waals surface area contributed by atoms with E-state index in [1.165, 1.54) is 25.2 Å². The molecule has 0 amide bonds. The fourth-order valence-corrected chi connectivity index (χ4v) is 4.60. The first kappa shape index (κ1) is 16.0. The molecule has 2 aromatic heterocycles. The van der Waals surface area contributed by atoms with Gasteiger partial charge in [0.25, 0.3) is 0 Å². The van der Waals surface area contributed by atoms with Gasteiger partial charge in [-0.2, -0.15) is 0 Å². The predicted molar refractivity (Wildman–Crippen MR) is 80.6 cm³/mol. The topological polar surface area (TPSA) is 99.3 Å². The van der Waals surface area contributed by atoms with E-state index in [0.717, 1.165) is 4.88 Å². The fraction of sp³-hybridized carbons (Fsp3) is 0.250. The summed E-state index contributed by atoms with van der Waals surface area (Å²) < 4.78 is 27.7. The van der Waals surface area contributed by atoms with Crippen molar-refractivity contribution in [2.45, 2.75) is 25.3 Å². The minimum Gasteiger partial charge on any atom is -0.477 e. The third-order valence-electron chi connectivity index (χ3n) is 2.92. The van der Waals surface area contributed by atoms with Crippen LogP contribution in [0.1, 0.15) is 26.6 Å². The van der Waals surface area contributed by atoms with Crippen molar-refractivity contribution in [1.82, 2.24) is 9.71 Å². The van der Waals surface area contributed by atoms with Crippen LogP contribution in [0.15, 0.2) is 17.0 Å². The molecule has 0 spiro atoms. The summed E-state index contributed by atoms with van der Waals surface area (Å²) in [7, 11) is -3.80. The van der Waals surface area contributed by atoms with Crippen molar-refractivity contribution in [3.8, 4) is 0 Å². The molecule has 0 aliphatic rings. The maximum Gasteiger partial charge on any atom is 0.352 e. The Hall–Kier alpha value is -1.35. The van der Waals surface area contributed by atoms with Crippen LogP contribution in [-0.4, -0.2) is 24.5 Å². The average molecular weight is 349 g/mol. The molecular formula is C12H13ClN2O4S2.